The summed E-state index contributed by atoms with van der Waals surface area (Å²) in [4.78, 5) is 5.16. The third-order valence-corrected chi connectivity index (χ3v) is 6.75. The molecule has 1 saturated carbocycles. The lowest BCUT2D eigenvalue weighted by Crippen LogP contribution is -2.40. The number of hydrogen-bond donors (Lipinski definition) is 0. The zero-order chi connectivity index (χ0) is 21.5. The lowest BCUT2D eigenvalue weighted by atomic mass is 9.90. The minimum Gasteiger partial charge on any atom is -0.275 e. The molecule has 2 unspecified atom stereocenters. The second kappa shape index (κ2) is 10.7. The Balaban J connectivity index is 1.38. The first-order chi connectivity index (χ1) is 15.3. The standard InChI is InChI=1S/C29H34N2/c1-3-24-13-17-26(18-14-24)9-7-21-30-23-31(29-12-6-5-11-28(29)30)22-8-10-27-19-15-25(4-2)16-20-27/h13-20,28-29H,3-6,11-12,21-23H2,1-2H3. The highest BCUT2D eigenvalue weighted by atomic mass is 15.4. The summed E-state index contributed by atoms with van der Waals surface area (Å²) in [6.45, 7) is 7.06. The summed E-state index contributed by atoms with van der Waals surface area (Å²) in [5.41, 5.74) is 4.98. The molecule has 2 nitrogen and oxygen atoms in total. The monoisotopic (exact) mass is 410 g/mol. The minimum absolute atomic E-state index is 0.635. The fraction of sp³-hybridized carbons (Fsp3) is 0.448. The number of nitrogens with zero attached hydrogens (tertiary/aromatic N) is 2. The van der Waals surface area contributed by atoms with E-state index in [1.807, 2.05) is 0 Å². The van der Waals surface area contributed by atoms with Crippen LogP contribution in [-0.4, -0.2) is 41.6 Å². The zero-order valence-electron chi connectivity index (χ0n) is 19.0. The van der Waals surface area contributed by atoms with Crippen molar-refractivity contribution in [2.24, 2.45) is 0 Å². The third-order valence-electron chi connectivity index (χ3n) is 6.75. The first-order valence-corrected chi connectivity index (χ1v) is 11.9. The van der Waals surface area contributed by atoms with Gasteiger partial charge >= 0.3 is 0 Å². The van der Waals surface area contributed by atoms with E-state index < -0.39 is 0 Å². The maximum atomic E-state index is 3.44. The highest BCUT2D eigenvalue weighted by molar-refractivity contribution is 5.37. The van der Waals surface area contributed by atoms with E-state index in [4.69, 9.17) is 0 Å². The van der Waals surface area contributed by atoms with Crippen molar-refractivity contribution in [3.05, 3.63) is 70.8 Å². The SMILES string of the molecule is CCc1ccc(C#CCN2CN(CC#Cc3ccc(CC)cc3)C3CCCCC32)cc1. The van der Waals surface area contributed by atoms with Crippen molar-refractivity contribution < 1.29 is 0 Å². The normalized spacial score (nSPS) is 21.0. The van der Waals surface area contributed by atoms with E-state index in [1.165, 1.54) is 36.8 Å². The van der Waals surface area contributed by atoms with Gasteiger partial charge in [0.15, 0.2) is 0 Å². The van der Waals surface area contributed by atoms with Crippen LogP contribution in [0.1, 0.15) is 61.8 Å². The molecule has 2 aromatic rings. The van der Waals surface area contributed by atoms with Crippen molar-refractivity contribution in [3.8, 4) is 23.7 Å². The van der Waals surface area contributed by atoms with Crippen LogP contribution in [0.3, 0.4) is 0 Å². The Hall–Kier alpha value is -2.52. The van der Waals surface area contributed by atoms with Gasteiger partial charge in [0.05, 0.1) is 19.8 Å². The minimum atomic E-state index is 0.635. The molecule has 1 aliphatic carbocycles. The van der Waals surface area contributed by atoms with Crippen LogP contribution in [0, 0.1) is 23.7 Å². The smallest absolute Gasteiger partial charge is 0.0620 e. The molecule has 1 aliphatic heterocycles. The molecular formula is C29H34N2. The van der Waals surface area contributed by atoms with Gasteiger partial charge in [0.1, 0.15) is 0 Å². The van der Waals surface area contributed by atoms with Gasteiger partial charge in [-0.25, -0.2) is 0 Å². The molecule has 4 rings (SSSR count). The summed E-state index contributed by atoms with van der Waals surface area (Å²) in [7, 11) is 0. The molecule has 2 aromatic carbocycles. The van der Waals surface area contributed by atoms with E-state index in [-0.39, 0.29) is 0 Å². The molecule has 160 valence electrons. The zero-order valence-corrected chi connectivity index (χ0v) is 19.0. The van der Waals surface area contributed by atoms with Crippen LogP contribution in [0.4, 0.5) is 0 Å². The molecule has 0 bridgehead atoms. The fourth-order valence-corrected chi connectivity index (χ4v) is 4.85. The fourth-order valence-electron chi connectivity index (χ4n) is 4.85. The van der Waals surface area contributed by atoms with E-state index in [0.29, 0.717) is 12.1 Å². The van der Waals surface area contributed by atoms with E-state index in [2.05, 4.69) is 95.9 Å². The van der Waals surface area contributed by atoms with Crippen molar-refractivity contribution in [3.63, 3.8) is 0 Å². The van der Waals surface area contributed by atoms with E-state index in [9.17, 15) is 0 Å². The van der Waals surface area contributed by atoms with E-state index >= 15 is 0 Å². The molecular weight excluding hydrogens is 376 g/mol. The van der Waals surface area contributed by atoms with E-state index in [1.54, 1.807) is 0 Å². The van der Waals surface area contributed by atoms with Crippen LogP contribution in [0.25, 0.3) is 0 Å². The van der Waals surface area contributed by atoms with Crippen molar-refractivity contribution in [1.82, 2.24) is 9.80 Å². The lowest BCUT2D eigenvalue weighted by molar-refractivity contribution is 0.219. The predicted molar refractivity (Wildman–Crippen MR) is 130 cm³/mol. The summed E-state index contributed by atoms with van der Waals surface area (Å²) < 4.78 is 0. The van der Waals surface area contributed by atoms with Gasteiger partial charge < -0.3 is 0 Å². The van der Waals surface area contributed by atoms with Gasteiger partial charge in [0, 0.05) is 23.2 Å². The van der Waals surface area contributed by atoms with Gasteiger partial charge in [-0.1, -0.05) is 74.6 Å². The molecule has 0 amide bonds. The van der Waals surface area contributed by atoms with Gasteiger partial charge in [-0.05, 0) is 61.1 Å². The first kappa shape index (κ1) is 21.7. The maximum absolute atomic E-state index is 3.44. The van der Waals surface area contributed by atoms with E-state index in [0.717, 1.165) is 43.7 Å². The molecule has 0 spiro atoms. The third kappa shape index (κ3) is 5.59. The maximum Gasteiger partial charge on any atom is 0.0620 e. The van der Waals surface area contributed by atoms with Gasteiger partial charge in [-0.15, -0.1) is 0 Å². The number of aryl methyl sites for hydroxylation is 2. The van der Waals surface area contributed by atoms with Crippen molar-refractivity contribution >= 4 is 0 Å². The molecule has 2 fully saturated rings. The summed E-state index contributed by atoms with van der Waals surface area (Å²) in [6, 6.07) is 18.6. The number of rotatable bonds is 4. The van der Waals surface area contributed by atoms with Gasteiger partial charge in [0.2, 0.25) is 0 Å². The Morgan fingerprint density at radius 1 is 0.677 bits per heavy atom. The Morgan fingerprint density at radius 2 is 1.10 bits per heavy atom. The number of hydrogen-bond acceptors (Lipinski definition) is 2. The van der Waals surface area contributed by atoms with Crippen LogP contribution in [-0.2, 0) is 12.8 Å². The van der Waals surface area contributed by atoms with Crippen molar-refractivity contribution in [2.75, 3.05) is 19.8 Å². The largest absolute Gasteiger partial charge is 0.275 e. The van der Waals surface area contributed by atoms with Crippen LogP contribution >= 0.6 is 0 Å². The Bertz CT molecular complexity index is 884. The van der Waals surface area contributed by atoms with Crippen LogP contribution in [0.2, 0.25) is 0 Å². The first-order valence-electron chi connectivity index (χ1n) is 11.9. The molecule has 1 saturated heterocycles. The van der Waals surface area contributed by atoms with Crippen LogP contribution in [0.15, 0.2) is 48.5 Å². The molecule has 2 atom stereocenters. The predicted octanol–water partition coefficient (Wildman–Crippen LogP) is 5.10. The Kier molecular flexibility index (Phi) is 7.48. The molecule has 2 heteroatoms. The number of fused-ring (bicyclic) bond motifs is 1. The average Bonchev–Trinajstić information content (AvgIpc) is 3.18. The van der Waals surface area contributed by atoms with Crippen LogP contribution < -0.4 is 0 Å². The second-order valence-corrected chi connectivity index (χ2v) is 8.76. The molecule has 31 heavy (non-hydrogen) atoms. The summed E-state index contributed by atoms with van der Waals surface area (Å²) in [6.07, 6.45) is 7.42. The van der Waals surface area contributed by atoms with Gasteiger partial charge in [-0.2, -0.15) is 0 Å². The molecule has 0 N–H and O–H groups in total. The summed E-state index contributed by atoms with van der Waals surface area (Å²) in [5, 5.41) is 0. The number of benzene rings is 2. The Labute approximate surface area is 188 Å². The highest BCUT2D eigenvalue weighted by Crippen LogP contribution is 2.32. The molecule has 2 aliphatic rings. The topological polar surface area (TPSA) is 6.48 Å². The van der Waals surface area contributed by atoms with Crippen molar-refractivity contribution in [2.45, 2.75) is 64.5 Å². The average molecular weight is 411 g/mol. The molecule has 1 heterocycles. The quantitative estimate of drug-likeness (QED) is 0.647. The highest BCUT2D eigenvalue weighted by Gasteiger charge is 2.40. The van der Waals surface area contributed by atoms with Crippen molar-refractivity contribution in [1.29, 1.82) is 0 Å². The lowest BCUT2D eigenvalue weighted by Gasteiger charge is -2.31. The molecule has 0 aromatic heterocycles. The van der Waals surface area contributed by atoms with Gasteiger partial charge in [0.25, 0.3) is 0 Å². The summed E-state index contributed by atoms with van der Waals surface area (Å²) in [5.74, 6) is 13.6. The molecule has 0 radical (unpaired) electrons. The Morgan fingerprint density at radius 3 is 1.48 bits per heavy atom. The van der Waals surface area contributed by atoms with Gasteiger partial charge in [-0.3, -0.25) is 9.80 Å². The summed E-state index contributed by atoms with van der Waals surface area (Å²) >= 11 is 0. The second-order valence-electron chi connectivity index (χ2n) is 8.76. The van der Waals surface area contributed by atoms with Crippen LogP contribution in [0.5, 0.6) is 0 Å².